The number of carbonyl (C=O) groups is 1. The average molecular weight is 350 g/mol. The van der Waals surface area contributed by atoms with Crippen molar-refractivity contribution >= 4 is 11.6 Å². The van der Waals surface area contributed by atoms with Crippen LogP contribution in [0, 0.1) is 0 Å². The minimum atomic E-state index is -0.480. The van der Waals surface area contributed by atoms with Gasteiger partial charge in [-0.1, -0.05) is 74.4 Å². The normalized spacial score (nSPS) is 17.0. The molecule has 1 heterocycles. The van der Waals surface area contributed by atoms with E-state index in [4.69, 9.17) is 0 Å². The third-order valence-electron chi connectivity index (χ3n) is 4.72. The molecule has 1 aliphatic heterocycles. The van der Waals surface area contributed by atoms with E-state index in [1.54, 1.807) is 0 Å². The summed E-state index contributed by atoms with van der Waals surface area (Å²) < 4.78 is 0. The Morgan fingerprint density at radius 3 is 2.42 bits per heavy atom. The van der Waals surface area contributed by atoms with E-state index < -0.39 is 6.04 Å². The van der Waals surface area contributed by atoms with E-state index in [0.29, 0.717) is 11.5 Å². The van der Waals surface area contributed by atoms with E-state index in [1.165, 1.54) is 31.0 Å². The van der Waals surface area contributed by atoms with E-state index in [1.807, 2.05) is 42.5 Å². The first kappa shape index (κ1) is 18.2. The molecule has 0 radical (unpaired) electrons. The summed E-state index contributed by atoms with van der Waals surface area (Å²) in [5, 5.41) is 14.0. The summed E-state index contributed by atoms with van der Waals surface area (Å²) in [6, 6.07) is 17.7. The lowest BCUT2D eigenvalue weighted by molar-refractivity contribution is -0.157. The summed E-state index contributed by atoms with van der Waals surface area (Å²) >= 11 is 0. The molecule has 4 nitrogen and oxygen atoms in total. The largest absolute Gasteiger partial charge is 0.372 e. The predicted octanol–water partition coefficient (Wildman–Crippen LogP) is 4.15. The zero-order valence-electron chi connectivity index (χ0n) is 15.2. The monoisotopic (exact) mass is 350 g/mol. The number of rotatable bonds is 7. The summed E-state index contributed by atoms with van der Waals surface area (Å²) in [5.41, 5.74) is 4.10. The third-order valence-corrected chi connectivity index (χ3v) is 4.72. The van der Waals surface area contributed by atoms with Gasteiger partial charge in [-0.15, -0.1) is 0 Å². The zero-order chi connectivity index (χ0) is 18.4. The van der Waals surface area contributed by atoms with Gasteiger partial charge < -0.3 is 5.32 Å². The third kappa shape index (κ3) is 4.52. The second kappa shape index (κ2) is 8.68. The number of benzene rings is 2. The molecule has 2 aromatic rings. The second-order valence-electron chi connectivity index (χ2n) is 6.77. The van der Waals surface area contributed by atoms with Crippen molar-refractivity contribution in [3.63, 3.8) is 0 Å². The molecule has 0 aromatic heterocycles. The van der Waals surface area contributed by atoms with E-state index in [-0.39, 0.29) is 5.91 Å². The molecule has 1 amide bonds. The van der Waals surface area contributed by atoms with Crippen LogP contribution in [0.5, 0.6) is 0 Å². The molecule has 0 fully saturated rings. The van der Waals surface area contributed by atoms with Crippen molar-refractivity contribution in [2.75, 3.05) is 0 Å². The molecular weight excluding hydrogens is 324 g/mol. The highest BCUT2D eigenvalue weighted by atomic mass is 16.5. The fourth-order valence-corrected chi connectivity index (χ4v) is 3.21. The Kier molecular flexibility index (Phi) is 6.08. The van der Waals surface area contributed by atoms with Crippen molar-refractivity contribution in [3.05, 3.63) is 77.5 Å². The first-order valence-corrected chi connectivity index (χ1v) is 9.31. The molecule has 2 N–H and O–H groups in total. The smallest absolute Gasteiger partial charge is 0.272 e. The SMILES string of the molecule is CCCCCc1ccc(C2=CN(O)C(=O)C(Cc3ccccc3)N2)cc1. The highest BCUT2D eigenvalue weighted by Crippen LogP contribution is 2.20. The van der Waals surface area contributed by atoms with E-state index in [0.717, 1.165) is 23.2 Å². The standard InChI is InChI=1S/C22H26N2O2/c1-2-3-5-8-17-11-13-19(14-12-17)21-16-24(26)22(25)20(23-21)15-18-9-6-4-7-10-18/h4,6-7,9-14,16,20,23,26H,2-3,5,8,15H2,1H3. The Morgan fingerprint density at radius 2 is 1.73 bits per heavy atom. The van der Waals surface area contributed by atoms with Gasteiger partial charge in [-0.2, -0.15) is 5.06 Å². The summed E-state index contributed by atoms with van der Waals surface area (Å²) in [4.78, 5) is 12.3. The number of nitrogens with zero attached hydrogens (tertiary/aromatic N) is 1. The van der Waals surface area contributed by atoms with Crippen molar-refractivity contribution < 1.29 is 10.0 Å². The van der Waals surface area contributed by atoms with Crippen LogP contribution in [0.3, 0.4) is 0 Å². The zero-order valence-corrected chi connectivity index (χ0v) is 15.2. The molecule has 1 unspecified atom stereocenters. The average Bonchev–Trinajstić information content (AvgIpc) is 2.67. The lowest BCUT2D eigenvalue weighted by Gasteiger charge is -2.29. The van der Waals surface area contributed by atoms with E-state index in [2.05, 4.69) is 24.4 Å². The Morgan fingerprint density at radius 1 is 1.00 bits per heavy atom. The molecule has 1 aliphatic rings. The van der Waals surface area contributed by atoms with Gasteiger partial charge in [0.05, 0.1) is 11.9 Å². The number of aryl methyl sites for hydroxylation is 1. The molecule has 0 saturated carbocycles. The Balaban J connectivity index is 1.71. The summed E-state index contributed by atoms with van der Waals surface area (Å²) in [6.07, 6.45) is 6.74. The first-order chi connectivity index (χ1) is 12.7. The number of unbranched alkanes of at least 4 members (excludes halogenated alkanes) is 2. The molecule has 26 heavy (non-hydrogen) atoms. The molecule has 0 aliphatic carbocycles. The van der Waals surface area contributed by atoms with Crippen molar-refractivity contribution in [1.29, 1.82) is 0 Å². The van der Waals surface area contributed by atoms with Gasteiger partial charge in [0.25, 0.3) is 5.91 Å². The molecule has 4 heteroatoms. The number of hydroxylamine groups is 2. The maximum absolute atomic E-state index is 12.3. The number of amides is 1. The topological polar surface area (TPSA) is 52.6 Å². The van der Waals surface area contributed by atoms with Gasteiger partial charge in [0, 0.05) is 6.42 Å². The highest BCUT2D eigenvalue weighted by molar-refractivity contribution is 5.87. The first-order valence-electron chi connectivity index (χ1n) is 9.31. The molecule has 2 aromatic carbocycles. The van der Waals surface area contributed by atoms with Crippen LogP contribution in [0.1, 0.15) is 42.9 Å². The van der Waals surface area contributed by atoms with Gasteiger partial charge in [0.2, 0.25) is 0 Å². The van der Waals surface area contributed by atoms with Crippen LogP contribution in [0.4, 0.5) is 0 Å². The van der Waals surface area contributed by atoms with Crippen LogP contribution in [0.25, 0.3) is 5.70 Å². The summed E-state index contributed by atoms with van der Waals surface area (Å²) in [6.45, 7) is 2.21. The number of hydrogen-bond donors (Lipinski definition) is 2. The van der Waals surface area contributed by atoms with Gasteiger partial charge >= 0.3 is 0 Å². The molecule has 1 atom stereocenters. The van der Waals surface area contributed by atoms with Gasteiger partial charge in [0.15, 0.2) is 0 Å². The van der Waals surface area contributed by atoms with Crippen LogP contribution in [-0.4, -0.2) is 22.2 Å². The van der Waals surface area contributed by atoms with Crippen molar-refractivity contribution in [1.82, 2.24) is 10.4 Å². The van der Waals surface area contributed by atoms with Crippen molar-refractivity contribution in [2.24, 2.45) is 0 Å². The van der Waals surface area contributed by atoms with Gasteiger partial charge in [-0.25, -0.2) is 0 Å². The summed E-state index contributed by atoms with van der Waals surface area (Å²) in [5.74, 6) is -0.339. The van der Waals surface area contributed by atoms with E-state index >= 15 is 0 Å². The summed E-state index contributed by atoms with van der Waals surface area (Å²) in [7, 11) is 0. The molecule has 0 saturated heterocycles. The molecule has 0 spiro atoms. The van der Waals surface area contributed by atoms with Gasteiger partial charge in [0.1, 0.15) is 6.04 Å². The minimum Gasteiger partial charge on any atom is -0.372 e. The van der Waals surface area contributed by atoms with Gasteiger partial charge in [-0.05, 0) is 29.5 Å². The molecule has 136 valence electrons. The van der Waals surface area contributed by atoms with Crippen molar-refractivity contribution in [2.45, 2.75) is 45.1 Å². The predicted molar refractivity (Wildman–Crippen MR) is 103 cm³/mol. The maximum Gasteiger partial charge on any atom is 0.272 e. The van der Waals surface area contributed by atoms with E-state index in [9.17, 15) is 10.0 Å². The Hall–Kier alpha value is -2.59. The van der Waals surface area contributed by atoms with Crippen LogP contribution in [0.15, 0.2) is 60.8 Å². The van der Waals surface area contributed by atoms with Crippen LogP contribution in [-0.2, 0) is 17.6 Å². The highest BCUT2D eigenvalue weighted by Gasteiger charge is 2.28. The molecule has 3 rings (SSSR count). The van der Waals surface area contributed by atoms with Crippen LogP contribution < -0.4 is 5.32 Å². The number of hydrogen-bond acceptors (Lipinski definition) is 3. The van der Waals surface area contributed by atoms with Crippen LogP contribution in [0.2, 0.25) is 0 Å². The minimum absolute atomic E-state index is 0.339. The fourth-order valence-electron chi connectivity index (χ4n) is 3.21. The number of nitrogens with one attached hydrogen (secondary N) is 1. The number of carbonyl (C=O) groups excluding carboxylic acids is 1. The van der Waals surface area contributed by atoms with Crippen LogP contribution >= 0.6 is 0 Å². The molecular formula is C22H26N2O2. The van der Waals surface area contributed by atoms with Crippen molar-refractivity contribution in [3.8, 4) is 0 Å². The maximum atomic E-state index is 12.3. The Bertz CT molecular complexity index is 753. The van der Waals surface area contributed by atoms with Gasteiger partial charge in [-0.3, -0.25) is 10.0 Å². The fraction of sp³-hybridized carbons (Fsp3) is 0.318. The lowest BCUT2D eigenvalue weighted by Crippen LogP contribution is -2.48. The second-order valence-corrected chi connectivity index (χ2v) is 6.77. The Labute approximate surface area is 155 Å². The molecule has 0 bridgehead atoms. The quantitative estimate of drug-likeness (QED) is 0.583. The lowest BCUT2D eigenvalue weighted by atomic mass is 10.0.